The van der Waals surface area contributed by atoms with E-state index in [2.05, 4.69) is 54.1 Å². The number of allylic oxidation sites excluding steroid dienone is 1. The molecule has 2 aromatic rings. The number of anilines is 1. The third-order valence-electron chi connectivity index (χ3n) is 5.51. The zero-order valence-corrected chi connectivity index (χ0v) is 17.6. The summed E-state index contributed by atoms with van der Waals surface area (Å²) < 4.78 is 0. The highest BCUT2D eigenvalue weighted by Gasteiger charge is 2.22. The number of hydrogen-bond donors (Lipinski definition) is 1. The van der Waals surface area contributed by atoms with E-state index in [1.807, 2.05) is 11.8 Å². The topological polar surface area (TPSA) is 15.3 Å². The van der Waals surface area contributed by atoms with Crippen LogP contribution in [0.4, 0.5) is 5.69 Å². The summed E-state index contributed by atoms with van der Waals surface area (Å²) in [5.41, 5.74) is 8.21. The number of nitrogens with zero attached hydrogens (tertiary/aromatic N) is 1. The Kier molecular flexibility index (Phi) is 5.82. The predicted molar refractivity (Wildman–Crippen MR) is 118 cm³/mol. The van der Waals surface area contributed by atoms with Crippen molar-refractivity contribution in [3.8, 4) is 0 Å². The third-order valence-corrected chi connectivity index (χ3v) is 7.19. The number of halogens is 1. The van der Waals surface area contributed by atoms with E-state index in [9.17, 15) is 0 Å². The Labute approximate surface area is 172 Å². The SMILES string of the molecule is C=C1Cc2ccc(C)cc2N1CCCSc1c(Cl)ccc2c1CCNCC2. The molecule has 0 aliphatic carbocycles. The summed E-state index contributed by atoms with van der Waals surface area (Å²) >= 11 is 8.49. The molecule has 27 heavy (non-hydrogen) atoms. The highest BCUT2D eigenvalue weighted by atomic mass is 35.5. The van der Waals surface area contributed by atoms with Crippen molar-refractivity contribution in [1.29, 1.82) is 0 Å². The van der Waals surface area contributed by atoms with Crippen LogP contribution in [0.2, 0.25) is 5.02 Å². The number of rotatable bonds is 5. The Morgan fingerprint density at radius 1 is 1.15 bits per heavy atom. The second-order valence-corrected chi connectivity index (χ2v) is 9.01. The van der Waals surface area contributed by atoms with E-state index < -0.39 is 0 Å². The first-order valence-electron chi connectivity index (χ1n) is 9.82. The van der Waals surface area contributed by atoms with Gasteiger partial charge < -0.3 is 10.2 Å². The van der Waals surface area contributed by atoms with E-state index in [0.29, 0.717) is 0 Å². The molecular formula is C23H27ClN2S. The molecule has 0 aromatic heterocycles. The fraction of sp³-hybridized carbons (Fsp3) is 0.391. The molecule has 2 aliphatic rings. The molecule has 0 amide bonds. The van der Waals surface area contributed by atoms with E-state index in [1.54, 1.807) is 0 Å². The van der Waals surface area contributed by atoms with E-state index in [4.69, 9.17) is 11.6 Å². The van der Waals surface area contributed by atoms with Crippen LogP contribution in [-0.4, -0.2) is 25.4 Å². The molecule has 1 N–H and O–H groups in total. The van der Waals surface area contributed by atoms with E-state index >= 15 is 0 Å². The lowest BCUT2D eigenvalue weighted by Gasteiger charge is -2.21. The van der Waals surface area contributed by atoms with Gasteiger partial charge in [0.25, 0.3) is 0 Å². The standard InChI is InChI=1S/C23H27ClN2S/c1-16-4-5-19-15-17(2)26(22(19)14-16)12-3-13-27-23-20-9-11-25-10-8-18(20)6-7-21(23)24/h4-7,14,25H,2-3,8-13,15H2,1H3. The minimum atomic E-state index is 0.909. The van der Waals surface area contributed by atoms with Gasteiger partial charge in [0.15, 0.2) is 0 Å². The van der Waals surface area contributed by atoms with Crippen molar-refractivity contribution < 1.29 is 0 Å². The van der Waals surface area contributed by atoms with Crippen LogP contribution in [0, 0.1) is 6.92 Å². The van der Waals surface area contributed by atoms with Crippen LogP contribution < -0.4 is 10.2 Å². The second-order valence-electron chi connectivity index (χ2n) is 7.49. The van der Waals surface area contributed by atoms with Crippen LogP contribution >= 0.6 is 23.4 Å². The van der Waals surface area contributed by atoms with Crippen molar-refractivity contribution in [3.05, 3.63) is 69.9 Å². The van der Waals surface area contributed by atoms with Crippen molar-refractivity contribution in [2.45, 2.75) is 37.5 Å². The molecule has 0 unspecified atom stereocenters. The predicted octanol–water partition coefficient (Wildman–Crippen LogP) is 5.40. The molecule has 2 aromatic carbocycles. The largest absolute Gasteiger partial charge is 0.345 e. The van der Waals surface area contributed by atoms with Gasteiger partial charge in [-0.25, -0.2) is 0 Å². The van der Waals surface area contributed by atoms with Crippen LogP contribution in [0.1, 0.15) is 28.7 Å². The average molecular weight is 399 g/mol. The van der Waals surface area contributed by atoms with Gasteiger partial charge in [-0.3, -0.25) is 0 Å². The molecule has 2 nitrogen and oxygen atoms in total. The van der Waals surface area contributed by atoms with Gasteiger partial charge >= 0.3 is 0 Å². The third kappa shape index (κ3) is 4.06. The first kappa shape index (κ1) is 18.9. The van der Waals surface area contributed by atoms with Crippen LogP contribution in [0.3, 0.4) is 0 Å². The maximum atomic E-state index is 6.56. The molecule has 142 valence electrons. The van der Waals surface area contributed by atoms with Gasteiger partial charge in [0.05, 0.1) is 5.02 Å². The number of benzene rings is 2. The molecule has 0 fully saturated rings. The zero-order chi connectivity index (χ0) is 18.8. The summed E-state index contributed by atoms with van der Waals surface area (Å²) in [5.74, 6) is 1.08. The first-order valence-corrected chi connectivity index (χ1v) is 11.2. The molecule has 2 aliphatic heterocycles. The van der Waals surface area contributed by atoms with Gasteiger partial charge in [-0.05, 0) is 79.4 Å². The number of fused-ring (bicyclic) bond motifs is 2. The molecule has 4 heteroatoms. The lowest BCUT2D eigenvalue weighted by atomic mass is 10.0. The average Bonchev–Trinajstić information content (AvgIpc) is 2.82. The van der Waals surface area contributed by atoms with Gasteiger partial charge in [-0.15, -0.1) is 11.8 Å². The summed E-state index contributed by atoms with van der Waals surface area (Å²) in [6.07, 6.45) is 4.28. The highest BCUT2D eigenvalue weighted by molar-refractivity contribution is 7.99. The Morgan fingerprint density at radius 2 is 1.96 bits per heavy atom. The molecule has 0 bridgehead atoms. The van der Waals surface area contributed by atoms with E-state index in [1.165, 1.54) is 38.5 Å². The maximum absolute atomic E-state index is 6.56. The fourth-order valence-corrected chi connectivity index (χ4v) is 5.53. The monoisotopic (exact) mass is 398 g/mol. The lowest BCUT2D eigenvalue weighted by molar-refractivity contribution is 0.709. The summed E-state index contributed by atoms with van der Waals surface area (Å²) in [6, 6.07) is 11.0. The van der Waals surface area contributed by atoms with Crippen molar-refractivity contribution in [3.63, 3.8) is 0 Å². The van der Waals surface area contributed by atoms with Gasteiger partial charge in [0.2, 0.25) is 0 Å². The van der Waals surface area contributed by atoms with Crippen molar-refractivity contribution >= 4 is 29.1 Å². The lowest BCUT2D eigenvalue weighted by Crippen LogP contribution is -2.20. The number of thioether (sulfide) groups is 1. The molecule has 4 rings (SSSR count). The summed E-state index contributed by atoms with van der Waals surface area (Å²) in [4.78, 5) is 3.70. The van der Waals surface area contributed by atoms with Crippen molar-refractivity contribution in [2.75, 3.05) is 30.3 Å². The van der Waals surface area contributed by atoms with Gasteiger partial charge in [0.1, 0.15) is 0 Å². The van der Waals surface area contributed by atoms with E-state index in [0.717, 1.165) is 56.1 Å². The van der Waals surface area contributed by atoms with Crippen LogP contribution in [0.5, 0.6) is 0 Å². The summed E-state index contributed by atoms with van der Waals surface area (Å²) in [5, 5.41) is 4.40. The molecule has 0 saturated heterocycles. The zero-order valence-electron chi connectivity index (χ0n) is 16.0. The van der Waals surface area contributed by atoms with Crippen molar-refractivity contribution in [1.82, 2.24) is 5.32 Å². The first-order chi connectivity index (χ1) is 13.1. The Morgan fingerprint density at radius 3 is 2.85 bits per heavy atom. The maximum Gasteiger partial charge on any atom is 0.0544 e. The Bertz CT molecular complexity index is 862. The van der Waals surface area contributed by atoms with Gasteiger partial charge in [-0.2, -0.15) is 0 Å². The Hall–Kier alpha value is -1.42. The number of hydrogen-bond acceptors (Lipinski definition) is 3. The smallest absolute Gasteiger partial charge is 0.0544 e. The fourth-order valence-electron chi connectivity index (χ4n) is 4.10. The Balaban J connectivity index is 1.40. The number of aryl methyl sites for hydroxylation is 1. The van der Waals surface area contributed by atoms with Gasteiger partial charge in [0, 0.05) is 29.2 Å². The molecule has 0 saturated carbocycles. The summed E-state index contributed by atoms with van der Waals surface area (Å²) in [7, 11) is 0. The molecular weight excluding hydrogens is 372 g/mol. The molecule has 0 spiro atoms. The molecule has 2 heterocycles. The quantitative estimate of drug-likeness (QED) is 0.536. The minimum Gasteiger partial charge on any atom is -0.345 e. The van der Waals surface area contributed by atoms with E-state index in [-0.39, 0.29) is 0 Å². The molecule has 0 radical (unpaired) electrons. The van der Waals surface area contributed by atoms with Crippen LogP contribution in [0.25, 0.3) is 0 Å². The normalized spacial score (nSPS) is 16.2. The number of nitrogens with one attached hydrogen (secondary N) is 1. The summed E-state index contributed by atoms with van der Waals surface area (Å²) in [6.45, 7) is 9.58. The van der Waals surface area contributed by atoms with Crippen molar-refractivity contribution in [2.24, 2.45) is 0 Å². The second kappa shape index (κ2) is 8.30. The van der Waals surface area contributed by atoms with Crippen LogP contribution in [0.15, 0.2) is 47.5 Å². The minimum absolute atomic E-state index is 0.909. The molecule has 0 atom stereocenters. The van der Waals surface area contributed by atoms with Crippen LogP contribution in [-0.2, 0) is 19.3 Å². The van der Waals surface area contributed by atoms with Gasteiger partial charge in [-0.1, -0.05) is 36.4 Å². The highest BCUT2D eigenvalue weighted by Crippen LogP contribution is 2.36.